The van der Waals surface area contributed by atoms with Crippen LogP contribution in [0.15, 0.2) is 41.8 Å². The van der Waals surface area contributed by atoms with Crippen molar-refractivity contribution in [1.29, 1.82) is 0 Å². The number of rotatable bonds is 6. The maximum atomic E-state index is 12.2. The summed E-state index contributed by atoms with van der Waals surface area (Å²) in [6.45, 7) is 4.82. The van der Waals surface area contributed by atoms with Gasteiger partial charge >= 0.3 is 12.0 Å². The molecule has 8 nitrogen and oxygen atoms in total. The van der Waals surface area contributed by atoms with Gasteiger partial charge in [0.2, 0.25) is 5.91 Å². The Balaban J connectivity index is 1.45. The number of benzene rings is 1. The van der Waals surface area contributed by atoms with Crippen LogP contribution in [0.4, 0.5) is 10.5 Å². The highest BCUT2D eigenvalue weighted by Crippen LogP contribution is 2.20. The number of anilines is 1. The lowest BCUT2D eigenvalue weighted by Gasteiger charge is -2.40. The lowest BCUT2D eigenvalue weighted by Crippen LogP contribution is -2.55. The molecular formula is C21H26N4O4S. The summed E-state index contributed by atoms with van der Waals surface area (Å²) in [5.41, 5.74) is 1.54. The molecule has 0 radical (unpaired) electrons. The number of thiophene rings is 1. The highest BCUT2D eigenvalue weighted by Gasteiger charge is 2.26. The molecule has 160 valence electrons. The van der Waals surface area contributed by atoms with Crippen LogP contribution in [0.2, 0.25) is 0 Å². The van der Waals surface area contributed by atoms with Gasteiger partial charge in [-0.3, -0.25) is 15.0 Å². The van der Waals surface area contributed by atoms with Crippen LogP contribution in [0.1, 0.15) is 22.2 Å². The second-order valence-electron chi connectivity index (χ2n) is 7.11. The van der Waals surface area contributed by atoms with Gasteiger partial charge in [-0.1, -0.05) is 6.07 Å². The van der Waals surface area contributed by atoms with E-state index in [1.165, 1.54) is 7.11 Å². The largest absolute Gasteiger partial charge is 0.465 e. The first-order valence-corrected chi connectivity index (χ1v) is 10.6. The first-order valence-electron chi connectivity index (χ1n) is 9.73. The molecule has 30 heavy (non-hydrogen) atoms. The number of methoxy groups -OCH3 is 1. The van der Waals surface area contributed by atoms with Crippen LogP contribution in [-0.2, 0) is 16.1 Å². The van der Waals surface area contributed by atoms with E-state index in [0.29, 0.717) is 18.7 Å². The number of urea groups is 1. The van der Waals surface area contributed by atoms with Gasteiger partial charge < -0.3 is 15.0 Å². The standard InChI is InChI=1S/C21H26N4O4S/c1-15-13-25(17-7-5-16(6-8-17)20(27)29-2)10-9-24(15)14-19(26)23-21(28)22-12-18-4-3-11-30-18/h3-8,11,15H,9-10,12-14H2,1-2H3,(H2,22,23,26,28). The van der Waals surface area contributed by atoms with Crippen molar-refractivity contribution in [3.05, 3.63) is 52.2 Å². The topological polar surface area (TPSA) is 91.0 Å². The fourth-order valence-corrected chi connectivity index (χ4v) is 4.01. The molecule has 1 aliphatic rings. The van der Waals surface area contributed by atoms with Gasteiger partial charge in [-0.05, 0) is 42.6 Å². The Hall–Kier alpha value is -2.91. The molecule has 1 atom stereocenters. The molecule has 1 aromatic carbocycles. The van der Waals surface area contributed by atoms with Gasteiger partial charge in [0.1, 0.15) is 0 Å². The summed E-state index contributed by atoms with van der Waals surface area (Å²) in [6.07, 6.45) is 0. The molecule has 2 aromatic rings. The van der Waals surface area contributed by atoms with Crippen LogP contribution in [0.5, 0.6) is 0 Å². The van der Waals surface area contributed by atoms with E-state index in [0.717, 1.165) is 23.7 Å². The van der Waals surface area contributed by atoms with E-state index in [9.17, 15) is 14.4 Å². The van der Waals surface area contributed by atoms with Crippen LogP contribution in [0.3, 0.4) is 0 Å². The van der Waals surface area contributed by atoms with Crippen molar-refractivity contribution in [1.82, 2.24) is 15.5 Å². The van der Waals surface area contributed by atoms with E-state index in [2.05, 4.69) is 27.4 Å². The number of imide groups is 1. The molecule has 0 spiro atoms. The number of amides is 3. The van der Waals surface area contributed by atoms with Crippen molar-refractivity contribution < 1.29 is 19.1 Å². The molecule has 3 rings (SSSR count). The van der Waals surface area contributed by atoms with Crippen LogP contribution in [0.25, 0.3) is 0 Å². The van der Waals surface area contributed by atoms with E-state index in [-0.39, 0.29) is 24.5 Å². The average molecular weight is 431 g/mol. The predicted octanol–water partition coefficient (Wildman–Crippen LogP) is 2.07. The highest BCUT2D eigenvalue weighted by atomic mass is 32.1. The number of nitrogens with one attached hydrogen (secondary N) is 2. The third-order valence-corrected chi connectivity index (χ3v) is 5.90. The Morgan fingerprint density at radius 3 is 2.57 bits per heavy atom. The van der Waals surface area contributed by atoms with E-state index in [1.807, 2.05) is 29.6 Å². The van der Waals surface area contributed by atoms with Crippen molar-refractivity contribution in [2.75, 3.05) is 38.2 Å². The summed E-state index contributed by atoms with van der Waals surface area (Å²) in [7, 11) is 1.36. The first kappa shape index (κ1) is 21.8. The average Bonchev–Trinajstić information content (AvgIpc) is 3.27. The van der Waals surface area contributed by atoms with Crippen LogP contribution in [0, 0.1) is 0 Å². The molecule has 1 fully saturated rings. The Kier molecular flexibility index (Phi) is 7.42. The third-order valence-electron chi connectivity index (χ3n) is 5.02. The summed E-state index contributed by atoms with van der Waals surface area (Å²) >= 11 is 1.55. The summed E-state index contributed by atoms with van der Waals surface area (Å²) in [4.78, 5) is 41.0. The molecule has 2 heterocycles. The monoisotopic (exact) mass is 430 g/mol. The molecule has 2 N–H and O–H groups in total. The van der Waals surface area contributed by atoms with Gasteiger partial charge in [-0.25, -0.2) is 9.59 Å². The molecule has 0 aliphatic carbocycles. The normalized spacial score (nSPS) is 16.7. The van der Waals surface area contributed by atoms with Crippen molar-refractivity contribution in [3.63, 3.8) is 0 Å². The maximum absolute atomic E-state index is 12.2. The third kappa shape index (κ3) is 5.80. The quantitative estimate of drug-likeness (QED) is 0.682. The van der Waals surface area contributed by atoms with Crippen LogP contribution < -0.4 is 15.5 Å². The molecule has 1 aliphatic heterocycles. The Labute approximate surface area is 179 Å². The second-order valence-corrected chi connectivity index (χ2v) is 8.15. The summed E-state index contributed by atoms with van der Waals surface area (Å²) in [6, 6.07) is 10.8. The number of carbonyl (C=O) groups excluding carboxylic acids is 3. The molecule has 1 aromatic heterocycles. The van der Waals surface area contributed by atoms with Crippen molar-refractivity contribution in [3.8, 4) is 0 Å². The van der Waals surface area contributed by atoms with E-state index < -0.39 is 6.03 Å². The predicted molar refractivity (Wildman–Crippen MR) is 116 cm³/mol. The van der Waals surface area contributed by atoms with E-state index in [1.54, 1.807) is 23.5 Å². The van der Waals surface area contributed by atoms with Crippen molar-refractivity contribution in [2.45, 2.75) is 19.5 Å². The number of ether oxygens (including phenoxy) is 1. The van der Waals surface area contributed by atoms with E-state index >= 15 is 0 Å². The second kappa shape index (κ2) is 10.2. The molecule has 0 bridgehead atoms. The zero-order valence-corrected chi connectivity index (χ0v) is 17.9. The fraction of sp³-hybridized carbons (Fsp3) is 0.381. The van der Waals surface area contributed by atoms with E-state index in [4.69, 9.17) is 4.74 Å². The molecule has 9 heteroatoms. The zero-order valence-electron chi connectivity index (χ0n) is 17.1. The van der Waals surface area contributed by atoms with Gasteiger partial charge in [0.05, 0.1) is 25.8 Å². The van der Waals surface area contributed by atoms with Gasteiger partial charge in [-0.2, -0.15) is 0 Å². The first-order chi connectivity index (χ1) is 14.5. The minimum Gasteiger partial charge on any atom is -0.465 e. The number of hydrogen-bond donors (Lipinski definition) is 2. The van der Waals surface area contributed by atoms with Crippen molar-refractivity contribution in [2.24, 2.45) is 0 Å². The Morgan fingerprint density at radius 1 is 1.17 bits per heavy atom. The molecule has 3 amide bonds. The zero-order chi connectivity index (χ0) is 21.5. The van der Waals surface area contributed by atoms with Gasteiger partial charge in [0.25, 0.3) is 0 Å². The van der Waals surface area contributed by atoms with Gasteiger partial charge in [0, 0.05) is 36.2 Å². The van der Waals surface area contributed by atoms with Crippen LogP contribution in [-0.4, -0.2) is 62.1 Å². The molecule has 1 unspecified atom stereocenters. The Bertz CT molecular complexity index is 870. The number of carbonyl (C=O) groups is 3. The Morgan fingerprint density at radius 2 is 1.93 bits per heavy atom. The minimum atomic E-state index is -0.481. The summed E-state index contributed by atoms with van der Waals surface area (Å²) in [5, 5.41) is 7.02. The SMILES string of the molecule is COC(=O)c1ccc(N2CCN(CC(=O)NC(=O)NCc3cccs3)C(C)C2)cc1. The number of nitrogens with zero attached hydrogens (tertiary/aromatic N) is 2. The lowest BCUT2D eigenvalue weighted by molar-refractivity contribution is -0.121. The number of hydrogen-bond acceptors (Lipinski definition) is 7. The summed E-state index contributed by atoms with van der Waals surface area (Å²) < 4.78 is 4.73. The number of esters is 1. The van der Waals surface area contributed by atoms with Crippen molar-refractivity contribution >= 4 is 34.9 Å². The highest BCUT2D eigenvalue weighted by molar-refractivity contribution is 7.09. The minimum absolute atomic E-state index is 0.138. The smallest absolute Gasteiger partial charge is 0.337 e. The van der Waals surface area contributed by atoms with Crippen LogP contribution >= 0.6 is 11.3 Å². The maximum Gasteiger partial charge on any atom is 0.337 e. The molecule has 0 saturated carbocycles. The van der Waals surface area contributed by atoms with Gasteiger partial charge in [0.15, 0.2) is 0 Å². The molecular weight excluding hydrogens is 404 g/mol. The lowest BCUT2D eigenvalue weighted by atomic mass is 10.1. The number of piperazine rings is 1. The summed E-state index contributed by atoms with van der Waals surface area (Å²) in [5.74, 6) is -0.674. The fourth-order valence-electron chi connectivity index (χ4n) is 3.37. The van der Waals surface area contributed by atoms with Gasteiger partial charge in [-0.15, -0.1) is 11.3 Å². The molecule has 1 saturated heterocycles.